The van der Waals surface area contributed by atoms with Crippen LogP contribution in [0.4, 0.5) is 11.4 Å². The highest BCUT2D eigenvalue weighted by molar-refractivity contribution is 7.99. The molecular formula is C24H26N4O3S. The van der Waals surface area contributed by atoms with Crippen molar-refractivity contribution in [3.05, 3.63) is 58.9 Å². The summed E-state index contributed by atoms with van der Waals surface area (Å²) in [7, 11) is 0. The molecule has 2 heterocycles. The lowest BCUT2D eigenvalue weighted by molar-refractivity contribution is -0.117. The van der Waals surface area contributed by atoms with Gasteiger partial charge in [-0.25, -0.2) is 4.98 Å². The van der Waals surface area contributed by atoms with Crippen LogP contribution in [-0.2, 0) is 9.59 Å². The summed E-state index contributed by atoms with van der Waals surface area (Å²) in [5.41, 5.74) is 1.83. The van der Waals surface area contributed by atoms with Gasteiger partial charge in [-0.05, 0) is 44.5 Å². The molecular weight excluding hydrogens is 424 g/mol. The Morgan fingerprint density at radius 3 is 2.69 bits per heavy atom. The minimum absolute atomic E-state index is 0.0446. The predicted octanol–water partition coefficient (Wildman–Crippen LogP) is 4.22. The van der Waals surface area contributed by atoms with Crippen molar-refractivity contribution >= 4 is 45.9 Å². The molecule has 1 aliphatic heterocycles. The maximum atomic E-state index is 13.4. The minimum atomic E-state index is -0.284. The first-order chi connectivity index (χ1) is 15.4. The zero-order valence-corrected chi connectivity index (χ0v) is 19.2. The lowest BCUT2D eigenvalue weighted by Gasteiger charge is -2.28. The number of para-hydroxylation sites is 3. The molecule has 2 atom stereocenters. The van der Waals surface area contributed by atoms with E-state index in [0.717, 1.165) is 6.42 Å². The molecule has 0 radical (unpaired) electrons. The second-order valence-corrected chi connectivity index (χ2v) is 8.96. The fourth-order valence-electron chi connectivity index (χ4n) is 3.96. The zero-order valence-electron chi connectivity index (χ0n) is 18.4. The minimum Gasteiger partial charge on any atom is -0.324 e. The summed E-state index contributed by atoms with van der Waals surface area (Å²) >= 11 is 1.26. The van der Waals surface area contributed by atoms with Crippen molar-refractivity contribution < 1.29 is 9.59 Å². The normalized spacial score (nSPS) is 16.9. The highest BCUT2D eigenvalue weighted by Crippen LogP contribution is 2.32. The lowest BCUT2D eigenvalue weighted by Crippen LogP contribution is -2.40. The Kier molecular flexibility index (Phi) is 6.32. The molecule has 0 saturated heterocycles. The van der Waals surface area contributed by atoms with E-state index in [1.165, 1.54) is 11.8 Å². The van der Waals surface area contributed by atoms with Gasteiger partial charge in [0.25, 0.3) is 5.56 Å². The molecule has 2 amide bonds. The van der Waals surface area contributed by atoms with Gasteiger partial charge in [0.1, 0.15) is 0 Å². The van der Waals surface area contributed by atoms with E-state index in [-0.39, 0.29) is 41.6 Å². The largest absolute Gasteiger partial charge is 0.324 e. The average Bonchev–Trinajstić information content (AvgIpc) is 2.91. The third-order valence-corrected chi connectivity index (χ3v) is 6.70. The van der Waals surface area contributed by atoms with E-state index in [2.05, 4.69) is 5.32 Å². The van der Waals surface area contributed by atoms with Crippen molar-refractivity contribution in [1.82, 2.24) is 9.55 Å². The van der Waals surface area contributed by atoms with E-state index in [9.17, 15) is 14.4 Å². The van der Waals surface area contributed by atoms with Crippen molar-refractivity contribution in [2.45, 2.75) is 50.9 Å². The van der Waals surface area contributed by atoms with Crippen LogP contribution in [-0.4, -0.2) is 33.2 Å². The number of carbonyl (C=O) groups excluding carboxylic acids is 2. The van der Waals surface area contributed by atoms with Crippen LogP contribution in [0.25, 0.3) is 10.9 Å². The van der Waals surface area contributed by atoms with Gasteiger partial charge in [-0.2, -0.15) is 0 Å². The Morgan fingerprint density at radius 1 is 1.19 bits per heavy atom. The fourth-order valence-corrected chi connectivity index (χ4v) is 4.92. The van der Waals surface area contributed by atoms with Gasteiger partial charge < -0.3 is 10.2 Å². The predicted molar refractivity (Wildman–Crippen MR) is 128 cm³/mol. The number of nitrogens with zero attached hydrogens (tertiary/aromatic N) is 3. The lowest BCUT2D eigenvalue weighted by atomic mass is 10.2. The fraction of sp³-hybridized carbons (Fsp3) is 0.333. The van der Waals surface area contributed by atoms with Crippen LogP contribution >= 0.6 is 11.8 Å². The molecule has 1 N–H and O–H groups in total. The second kappa shape index (κ2) is 9.16. The summed E-state index contributed by atoms with van der Waals surface area (Å²) in [6, 6.07) is 14.3. The van der Waals surface area contributed by atoms with E-state index in [4.69, 9.17) is 4.98 Å². The van der Waals surface area contributed by atoms with Gasteiger partial charge in [-0.1, -0.05) is 43.0 Å². The van der Waals surface area contributed by atoms with Crippen molar-refractivity contribution in [3.8, 4) is 0 Å². The number of hydrogen-bond acceptors (Lipinski definition) is 5. The monoisotopic (exact) mass is 450 g/mol. The molecule has 0 fully saturated rings. The highest BCUT2D eigenvalue weighted by Gasteiger charge is 2.30. The first-order valence-corrected chi connectivity index (χ1v) is 11.7. The third-order valence-electron chi connectivity index (χ3n) is 5.76. The number of benzene rings is 2. The number of hydrogen-bond donors (Lipinski definition) is 1. The molecule has 0 bridgehead atoms. The standard InChI is InChI=1S/C24H26N4O3S/c1-4-15(2)28-23(31)17-9-5-6-10-18(17)26-24(28)32-14-22(30)27-16(3)13-21(29)25-19-11-7-8-12-20(19)27/h5-12,15-16H,4,13-14H2,1-3H3,(H,25,29)/t15-,16+/m1/s1. The Labute approximate surface area is 190 Å². The summed E-state index contributed by atoms with van der Waals surface area (Å²) < 4.78 is 1.69. The first-order valence-electron chi connectivity index (χ1n) is 10.8. The molecule has 3 aromatic rings. The van der Waals surface area contributed by atoms with Crippen molar-refractivity contribution in [3.63, 3.8) is 0 Å². The molecule has 0 saturated carbocycles. The van der Waals surface area contributed by atoms with Gasteiger partial charge in [-0.15, -0.1) is 0 Å². The van der Waals surface area contributed by atoms with Gasteiger partial charge in [0.05, 0.1) is 28.0 Å². The number of carbonyl (C=O) groups is 2. The molecule has 4 rings (SSSR count). The third kappa shape index (κ3) is 4.14. The first kappa shape index (κ1) is 22.1. The molecule has 8 heteroatoms. The summed E-state index contributed by atoms with van der Waals surface area (Å²) in [6.45, 7) is 5.87. The van der Waals surface area contributed by atoms with Crippen molar-refractivity contribution in [1.29, 1.82) is 0 Å². The van der Waals surface area contributed by atoms with Crippen molar-refractivity contribution in [2.75, 3.05) is 16.0 Å². The summed E-state index contributed by atoms with van der Waals surface area (Å²) in [5.74, 6) is -0.145. The second-order valence-electron chi connectivity index (χ2n) is 8.01. The van der Waals surface area contributed by atoms with Crippen LogP contribution in [0.15, 0.2) is 58.5 Å². The zero-order chi connectivity index (χ0) is 22.8. The van der Waals surface area contributed by atoms with E-state index < -0.39 is 0 Å². The van der Waals surface area contributed by atoms with Crippen molar-refractivity contribution in [2.24, 2.45) is 0 Å². The van der Waals surface area contributed by atoms with Gasteiger partial charge in [0.15, 0.2) is 5.16 Å². The van der Waals surface area contributed by atoms with Gasteiger partial charge in [0.2, 0.25) is 11.8 Å². The molecule has 0 aliphatic carbocycles. The Hall–Kier alpha value is -3.13. The molecule has 2 aromatic carbocycles. The molecule has 1 aromatic heterocycles. The summed E-state index contributed by atoms with van der Waals surface area (Å²) in [4.78, 5) is 45.1. The van der Waals surface area contributed by atoms with E-state index in [1.54, 1.807) is 21.6 Å². The number of thioether (sulfide) groups is 1. The molecule has 0 unspecified atom stereocenters. The van der Waals surface area contributed by atoms with Crippen LogP contribution in [0.1, 0.15) is 39.7 Å². The number of aromatic nitrogens is 2. The molecule has 7 nitrogen and oxygen atoms in total. The molecule has 32 heavy (non-hydrogen) atoms. The van der Waals surface area contributed by atoms with Crippen LogP contribution < -0.4 is 15.8 Å². The number of rotatable bonds is 5. The van der Waals surface area contributed by atoms with Gasteiger partial charge in [0, 0.05) is 18.5 Å². The van der Waals surface area contributed by atoms with Crippen LogP contribution in [0.3, 0.4) is 0 Å². The van der Waals surface area contributed by atoms with E-state index in [0.29, 0.717) is 27.4 Å². The Morgan fingerprint density at radius 2 is 1.91 bits per heavy atom. The van der Waals surface area contributed by atoms with Crippen LogP contribution in [0.5, 0.6) is 0 Å². The quantitative estimate of drug-likeness (QED) is 0.465. The van der Waals surface area contributed by atoms with Gasteiger partial charge in [-0.3, -0.25) is 19.0 Å². The highest BCUT2D eigenvalue weighted by atomic mass is 32.2. The molecule has 166 valence electrons. The maximum Gasteiger partial charge on any atom is 0.262 e. The summed E-state index contributed by atoms with van der Waals surface area (Å²) in [6.07, 6.45) is 0.989. The topological polar surface area (TPSA) is 84.3 Å². The maximum absolute atomic E-state index is 13.4. The number of amides is 2. The Balaban J connectivity index is 1.67. The smallest absolute Gasteiger partial charge is 0.262 e. The van der Waals surface area contributed by atoms with Crippen LogP contribution in [0, 0.1) is 0 Å². The Bertz CT molecular complexity index is 1240. The van der Waals surface area contributed by atoms with E-state index in [1.807, 2.05) is 57.2 Å². The molecule has 1 aliphatic rings. The number of fused-ring (bicyclic) bond motifs is 2. The summed E-state index contributed by atoms with van der Waals surface area (Å²) in [5, 5.41) is 3.97. The molecule has 0 spiro atoms. The average molecular weight is 451 g/mol. The van der Waals surface area contributed by atoms with Crippen LogP contribution in [0.2, 0.25) is 0 Å². The number of nitrogens with one attached hydrogen (secondary N) is 1. The SMILES string of the molecule is CC[C@@H](C)n1c(SCC(=O)N2c3ccccc3NC(=O)C[C@@H]2C)nc2ccccc2c1=O. The van der Waals surface area contributed by atoms with Gasteiger partial charge >= 0.3 is 0 Å². The van der Waals surface area contributed by atoms with E-state index >= 15 is 0 Å². The number of anilines is 2.